The van der Waals surface area contributed by atoms with Crippen LogP contribution < -0.4 is 10.1 Å². The van der Waals surface area contributed by atoms with E-state index in [1.807, 2.05) is 18.3 Å². The van der Waals surface area contributed by atoms with Crippen LogP contribution in [0.3, 0.4) is 0 Å². The van der Waals surface area contributed by atoms with E-state index < -0.39 is 0 Å². The molecule has 1 N–H and O–H groups in total. The number of hydrogen-bond donors (Lipinski definition) is 1. The van der Waals surface area contributed by atoms with Crippen molar-refractivity contribution in [3.63, 3.8) is 0 Å². The molecule has 0 saturated heterocycles. The van der Waals surface area contributed by atoms with Gasteiger partial charge in [0.15, 0.2) is 0 Å². The minimum atomic E-state index is -0.267. The molecular weight excluding hydrogens is 666 g/mol. The Balaban J connectivity index is 1.43. The summed E-state index contributed by atoms with van der Waals surface area (Å²) in [6, 6.07) is 10.5. The summed E-state index contributed by atoms with van der Waals surface area (Å²) in [7, 11) is 0. The van der Waals surface area contributed by atoms with Crippen molar-refractivity contribution in [3.8, 4) is 5.75 Å². The van der Waals surface area contributed by atoms with Crippen molar-refractivity contribution in [1.29, 1.82) is 0 Å². The van der Waals surface area contributed by atoms with Gasteiger partial charge in [-0.15, -0.1) is 11.3 Å². The summed E-state index contributed by atoms with van der Waals surface area (Å²) in [5.41, 5.74) is 3.66. The maximum atomic E-state index is 13.5. The molecule has 1 aromatic heterocycles. The van der Waals surface area contributed by atoms with Crippen LogP contribution in [-0.2, 0) is 19.4 Å². The zero-order chi connectivity index (χ0) is 25.8. The summed E-state index contributed by atoms with van der Waals surface area (Å²) in [6.07, 6.45) is 11.8. The Kier molecular flexibility index (Phi) is 8.97. The Labute approximate surface area is 243 Å². The fourth-order valence-electron chi connectivity index (χ4n) is 5.07. The molecule has 37 heavy (non-hydrogen) atoms. The van der Waals surface area contributed by atoms with Gasteiger partial charge in [0.1, 0.15) is 23.2 Å². The third-order valence-corrected chi connectivity index (χ3v) is 9.43. The molecule has 1 saturated carbocycles. The third kappa shape index (κ3) is 6.63. The van der Waals surface area contributed by atoms with E-state index in [-0.39, 0.29) is 17.8 Å². The topological polar surface area (TPSA) is 50.7 Å². The van der Waals surface area contributed by atoms with Gasteiger partial charge in [-0.2, -0.15) is 0 Å². The van der Waals surface area contributed by atoms with Crippen molar-refractivity contribution in [1.82, 2.24) is 5.32 Å². The average Bonchev–Trinajstić information content (AvgIpc) is 3.27. The lowest BCUT2D eigenvalue weighted by Gasteiger charge is -2.23. The standard InChI is InChI=1S/C29H29BrFIN2O2S/c30-20-14-19(27(24(32)15-20)36-17-18-10-12-21(31)13-11-18)16-33-29-26(23-8-4-5-9-25(23)37-29)28(35)34-22-6-2-1-3-7-22/h10-16,22H,1-9,17H2,(H,34,35). The molecule has 0 bridgehead atoms. The minimum absolute atomic E-state index is 0.0232. The average molecular weight is 695 g/mol. The van der Waals surface area contributed by atoms with Gasteiger partial charge >= 0.3 is 0 Å². The van der Waals surface area contributed by atoms with Gasteiger partial charge in [-0.3, -0.25) is 4.79 Å². The number of nitrogens with zero attached hydrogens (tertiary/aromatic N) is 1. The summed E-state index contributed by atoms with van der Waals surface area (Å²) in [4.78, 5) is 19.7. The number of ether oxygens (including phenoxy) is 1. The number of aliphatic imine (C=N–C) groups is 1. The van der Waals surface area contributed by atoms with Crippen molar-refractivity contribution in [2.24, 2.45) is 4.99 Å². The first-order valence-corrected chi connectivity index (χ1v) is 15.5. The predicted octanol–water partition coefficient (Wildman–Crippen LogP) is 8.53. The third-order valence-electron chi connectivity index (χ3n) is 6.97. The molecule has 0 atom stereocenters. The van der Waals surface area contributed by atoms with Crippen molar-refractivity contribution in [3.05, 3.63) is 77.4 Å². The predicted molar refractivity (Wildman–Crippen MR) is 160 cm³/mol. The number of carbonyl (C=O) groups excluding carboxylic acids is 1. The first kappa shape index (κ1) is 26.8. The molecule has 3 aromatic rings. The zero-order valence-electron chi connectivity index (χ0n) is 20.5. The van der Waals surface area contributed by atoms with Gasteiger partial charge < -0.3 is 10.1 Å². The summed E-state index contributed by atoms with van der Waals surface area (Å²) < 4.78 is 21.3. The highest BCUT2D eigenvalue weighted by Gasteiger charge is 2.27. The Morgan fingerprint density at radius 1 is 1.14 bits per heavy atom. The molecule has 0 spiro atoms. The second kappa shape index (κ2) is 12.4. The van der Waals surface area contributed by atoms with Crippen molar-refractivity contribution >= 4 is 67.0 Å². The molecule has 2 aliphatic rings. The number of benzene rings is 2. The number of carbonyl (C=O) groups is 1. The molecule has 0 unspecified atom stereocenters. The van der Waals surface area contributed by atoms with Crippen LogP contribution in [0.1, 0.15) is 76.9 Å². The second-order valence-electron chi connectivity index (χ2n) is 9.68. The van der Waals surface area contributed by atoms with E-state index in [0.717, 1.165) is 68.3 Å². The fraction of sp³-hybridized carbons (Fsp3) is 0.379. The van der Waals surface area contributed by atoms with E-state index in [4.69, 9.17) is 9.73 Å². The molecule has 8 heteroatoms. The van der Waals surface area contributed by atoms with Crippen LogP contribution in [-0.4, -0.2) is 18.2 Å². The Morgan fingerprint density at radius 3 is 2.68 bits per heavy atom. The summed E-state index contributed by atoms with van der Waals surface area (Å²) in [5, 5.41) is 4.09. The lowest BCUT2D eigenvalue weighted by Crippen LogP contribution is -2.36. The maximum absolute atomic E-state index is 13.5. The summed E-state index contributed by atoms with van der Waals surface area (Å²) >= 11 is 7.49. The summed E-state index contributed by atoms with van der Waals surface area (Å²) in [6.45, 7) is 0.321. The van der Waals surface area contributed by atoms with Crippen molar-refractivity contribution in [2.45, 2.75) is 70.4 Å². The molecule has 0 radical (unpaired) electrons. The van der Waals surface area contributed by atoms with Crippen LogP contribution in [0.4, 0.5) is 9.39 Å². The van der Waals surface area contributed by atoms with Crippen LogP contribution in [0.15, 0.2) is 45.9 Å². The number of aryl methyl sites for hydroxylation is 1. The second-order valence-corrected chi connectivity index (χ2v) is 12.8. The number of hydrogen-bond acceptors (Lipinski definition) is 4. The van der Waals surface area contributed by atoms with Gasteiger partial charge in [0.25, 0.3) is 5.91 Å². The van der Waals surface area contributed by atoms with Crippen LogP contribution in [0.2, 0.25) is 0 Å². The van der Waals surface area contributed by atoms with E-state index in [0.29, 0.717) is 12.4 Å². The van der Waals surface area contributed by atoms with Gasteiger partial charge in [-0.1, -0.05) is 47.3 Å². The minimum Gasteiger partial charge on any atom is -0.487 e. The SMILES string of the molecule is O=C(NC1CCCCC1)c1c(N=Cc2cc(Br)cc(I)c2OCc2ccc(F)cc2)sc2c1CCCC2. The molecule has 2 aromatic carbocycles. The van der Waals surface area contributed by atoms with Crippen LogP contribution in [0.25, 0.3) is 0 Å². The largest absolute Gasteiger partial charge is 0.487 e. The van der Waals surface area contributed by atoms with E-state index in [2.05, 4.69) is 43.8 Å². The smallest absolute Gasteiger partial charge is 0.254 e. The van der Waals surface area contributed by atoms with Crippen molar-refractivity contribution < 1.29 is 13.9 Å². The highest BCUT2D eigenvalue weighted by atomic mass is 127. The lowest BCUT2D eigenvalue weighted by atomic mass is 9.93. The molecule has 1 amide bonds. The first-order valence-electron chi connectivity index (χ1n) is 12.8. The van der Waals surface area contributed by atoms with Gasteiger partial charge in [0.2, 0.25) is 0 Å². The number of nitrogens with one attached hydrogen (secondary N) is 1. The van der Waals surface area contributed by atoms with Crippen molar-refractivity contribution in [2.75, 3.05) is 0 Å². The Morgan fingerprint density at radius 2 is 1.89 bits per heavy atom. The van der Waals surface area contributed by atoms with E-state index >= 15 is 0 Å². The van der Waals surface area contributed by atoms with Crippen LogP contribution in [0, 0.1) is 9.39 Å². The number of amides is 1. The quantitative estimate of drug-likeness (QED) is 0.199. The van der Waals surface area contributed by atoms with E-state index in [1.54, 1.807) is 23.5 Å². The normalized spacial score (nSPS) is 16.1. The highest BCUT2D eigenvalue weighted by Crippen LogP contribution is 2.40. The molecule has 4 nitrogen and oxygen atoms in total. The molecule has 194 valence electrons. The number of halogens is 3. The molecule has 1 fully saturated rings. The maximum Gasteiger partial charge on any atom is 0.254 e. The van der Waals surface area contributed by atoms with E-state index in [9.17, 15) is 9.18 Å². The van der Waals surface area contributed by atoms with Gasteiger partial charge in [-0.05, 0) is 96.5 Å². The monoisotopic (exact) mass is 694 g/mol. The Bertz CT molecular complexity index is 1300. The van der Waals surface area contributed by atoms with E-state index in [1.165, 1.54) is 41.8 Å². The van der Waals surface area contributed by atoms with Gasteiger partial charge in [0.05, 0.1) is 9.13 Å². The van der Waals surface area contributed by atoms with Crippen LogP contribution in [0.5, 0.6) is 5.75 Å². The first-order chi connectivity index (χ1) is 18.0. The highest BCUT2D eigenvalue weighted by molar-refractivity contribution is 14.1. The number of rotatable bonds is 7. The zero-order valence-corrected chi connectivity index (χ0v) is 25.1. The lowest BCUT2D eigenvalue weighted by molar-refractivity contribution is 0.0927. The van der Waals surface area contributed by atoms with Crippen LogP contribution >= 0.6 is 49.9 Å². The molecule has 2 aliphatic carbocycles. The van der Waals surface area contributed by atoms with Gasteiger partial charge in [0, 0.05) is 27.2 Å². The molecule has 1 heterocycles. The summed E-state index contributed by atoms with van der Waals surface area (Å²) in [5.74, 6) is 0.471. The molecule has 0 aliphatic heterocycles. The molecule has 5 rings (SSSR count). The molecular formula is C29H29BrFIN2O2S. The Hall–Kier alpha value is -1.78. The number of thiophene rings is 1. The van der Waals surface area contributed by atoms with Gasteiger partial charge in [-0.25, -0.2) is 9.38 Å². The number of fused-ring (bicyclic) bond motifs is 1. The fourth-order valence-corrected chi connectivity index (χ4v) is 8.01.